The first-order valence-electron chi connectivity index (χ1n) is 6.17. The van der Waals surface area contributed by atoms with Crippen molar-refractivity contribution >= 4 is 12.1 Å². The van der Waals surface area contributed by atoms with Crippen molar-refractivity contribution in [2.45, 2.75) is 52.6 Å². The second-order valence-corrected chi connectivity index (χ2v) is 4.93. The third-order valence-electron chi connectivity index (χ3n) is 2.45. The SMILES string of the molecule is CC(C)OC(=O)OC(C)ON=[N+]([O-])N(C)C(C)(C)C(=O)O. The summed E-state index contributed by atoms with van der Waals surface area (Å²) in [7, 11) is 1.23. The molecular weight excluding hydrogens is 286 g/mol. The Balaban J connectivity index is 4.53. The van der Waals surface area contributed by atoms with E-state index in [-0.39, 0.29) is 11.1 Å². The number of likely N-dealkylation sites (N-methyl/N-ethyl adjacent to an activating group) is 1. The molecule has 0 saturated heterocycles. The Morgan fingerprint density at radius 1 is 1.29 bits per heavy atom. The third-order valence-corrected chi connectivity index (χ3v) is 2.45. The van der Waals surface area contributed by atoms with Crippen molar-refractivity contribution in [3.8, 4) is 0 Å². The highest BCUT2D eigenvalue weighted by Gasteiger charge is 2.38. The number of carboxylic acids is 1. The molecule has 1 N–H and O–H groups in total. The van der Waals surface area contributed by atoms with Gasteiger partial charge in [-0.15, -0.1) is 5.01 Å². The summed E-state index contributed by atoms with van der Waals surface area (Å²) in [6.07, 6.45) is -2.50. The molecule has 0 aliphatic rings. The van der Waals surface area contributed by atoms with Gasteiger partial charge in [0.25, 0.3) is 6.29 Å². The predicted octanol–water partition coefficient (Wildman–Crippen LogP) is 1.50. The molecule has 10 heteroatoms. The lowest BCUT2D eigenvalue weighted by molar-refractivity contribution is -0.719. The summed E-state index contributed by atoms with van der Waals surface area (Å²) in [5, 5.41) is 24.5. The highest BCUT2D eigenvalue weighted by molar-refractivity contribution is 5.77. The van der Waals surface area contributed by atoms with Gasteiger partial charge in [-0.1, -0.05) is 0 Å². The first-order chi connectivity index (χ1) is 9.48. The molecule has 0 aromatic heterocycles. The smallest absolute Gasteiger partial charge is 0.511 e. The number of hydrazine groups is 1. The van der Waals surface area contributed by atoms with E-state index in [1.54, 1.807) is 13.8 Å². The van der Waals surface area contributed by atoms with Crippen molar-refractivity contribution in [3.05, 3.63) is 5.21 Å². The van der Waals surface area contributed by atoms with Gasteiger partial charge in [0.2, 0.25) is 5.28 Å². The van der Waals surface area contributed by atoms with Crippen LogP contribution in [0.1, 0.15) is 34.6 Å². The van der Waals surface area contributed by atoms with E-state index >= 15 is 0 Å². The molecule has 0 saturated carbocycles. The molecule has 1 atom stereocenters. The maximum Gasteiger partial charge on any atom is 0.511 e. The number of rotatable bonds is 7. The molecule has 1 unspecified atom stereocenters. The Bertz CT molecular complexity index is 409. The van der Waals surface area contributed by atoms with Crippen molar-refractivity contribution in [3.63, 3.8) is 0 Å². The number of ether oxygens (including phenoxy) is 2. The number of carbonyl (C=O) groups excluding carboxylic acids is 1. The Hall–Kier alpha value is -2.26. The average Bonchev–Trinajstić information content (AvgIpc) is 2.33. The van der Waals surface area contributed by atoms with Crippen molar-refractivity contribution in [2.75, 3.05) is 7.05 Å². The standard InChI is InChI=1S/C11H21N3O7/c1-7(2)19-10(17)20-8(3)21-12-14(18)13(6)11(4,5)9(15)16/h7-8H,1-6H3,(H,15,16). The lowest BCUT2D eigenvalue weighted by Gasteiger charge is -2.26. The van der Waals surface area contributed by atoms with Gasteiger partial charge < -0.3 is 19.8 Å². The minimum Gasteiger partial charge on any atom is -0.569 e. The molecule has 122 valence electrons. The molecule has 0 aliphatic heterocycles. The fraction of sp³-hybridized carbons (Fsp3) is 0.818. The summed E-state index contributed by atoms with van der Waals surface area (Å²) in [5.41, 5.74) is -1.49. The van der Waals surface area contributed by atoms with E-state index < -0.39 is 24.0 Å². The Morgan fingerprint density at radius 3 is 2.24 bits per heavy atom. The van der Waals surface area contributed by atoms with Crippen molar-refractivity contribution < 1.29 is 34.0 Å². The summed E-state index contributed by atoms with van der Waals surface area (Å²) < 4.78 is 9.35. The number of aliphatic carboxylic acids is 1. The van der Waals surface area contributed by atoms with Crippen LogP contribution in [0.2, 0.25) is 0 Å². The summed E-state index contributed by atoms with van der Waals surface area (Å²) in [5.74, 6) is -1.22. The van der Waals surface area contributed by atoms with Crippen molar-refractivity contribution in [2.24, 2.45) is 5.28 Å². The molecule has 0 fully saturated rings. The zero-order chi connectivity index (χ0) is 16.8. The first-order valence-corrected chi connectivity index (χ1v) is 6.17. The van der Waals surface area contributed by atoms with Crippen LogP contribution in [0.4, 0.5) is 4.79 Å². The van der Waals surface area contributed by atoms with E-state index in [0.717, 1.165) is 5.01 Å². The summed E-state index contributed by atoms with van der Waals surface area (Å²) in [4.78, 5) is 26.7. The van der Waals surface area contributed by atoms with Gasteiger partial charge in [0.05, 0.1) is 18.1 Å². The first kappa shape index (κ1) is 18.7. The summed E-state index contributed by atoms with van der Waals surface area (Å²) in [6.45, 7) is 7.23. The predicted molar refractivity (Wildman–Crippen MR) is 68.8 cm³/mol. The normalized spacial score (nSPS) is 13.6. The van der Waals surface area contributed by atoms with Crippen molar-refractivity contribution in [1.29, 1.82) is 0 Å². The van der Waals surface area contributed by atoms with E-state index in [1.807, 2.05) is 0 Å². The van der Waals surface area contributed by atoms with Crippen LogP contribution < -0.4 is 0 Å². The summed E-state index contributed by atoms with van der Waals surface area (Å²) >= 11 is 0. The van der Waals surface area contributed by atoms with Gasteiger partial charge in [-0.25, -0.2) is 9.59 Å². The van der Waals surface area contributed by atoms with Crippen LogP contribution in [0, 0.1) is 5.21 Å². The van der Waals surface area contributed by atoms with Gasteiger partial charge in [-0.2, -0.15) is 0 Å². The van der Waals surface area contributed by atoms with E-state index in [9.17, 15) is 14.8 Å². The van der Waals surface area contributed by atoms with Gasteiger partial charge in [-0.05, 0) is 27.7 Å². The number of nitrogens with zero attached hydrogens (tertiary/aromatic N) is 3. The zero-order valence-corrected chi connectivity index (χ0v) is 12.9. The molecule has 0 spiro atoms. The largest absolute Gasteiger partial charge is 0.569 e. The molecule has 0 radical (unpaired) electrons. The van der Waals surface area contributed by atoms with E-state index in [0.29, 0.717) is 0 Å². The lowest BCUT2D eigenvalue weighted by atomic mass is 10.1. The Labute approximate surface area is 122 Å². The molecule has 0 aromatic rings. The van der Waals surface area contributed by atoms with Crippen LogP contribution >= 0.6 is 0 Å². The highest BCUT2D eigenvalue weighted by Crippen LogP contribution is 2.12. The van der Waals surface area contributed by atoms with Crippen LogP contribution in [-0.4, -0.2) is 52.2 Å². The number of hydrogen-bond acceptors (Lipinski definition) is 7. The Morgan fingerprint density at radius 2 is 1.81 bits per heavy atom. The van der Waals surface area contributed by atoms with Crippen molar-refractivity contribution in [1.82, 2.24) is 5.01 Å². The maximum absolute atomic E-state index is 11.6. The molecule has 0 amide bonds. The average molecular weight is 307 g/mol. The molecule has 0 aliphatic carbocycles. The summed E-state index contributed by atoms with van der Waals surface area (Å²) in [6, 6.07) is 0. The number of carboxylic acid groups (broad SMARTS) is 1. The van der Waals surface area contributed by atoms with Crippen LogP contribution in [0.3, 0.4) is 0 Å². The minimum absolute atomic E-state index is 0.0538. The second kappa shape index (κ2) is 7.50. The molecule has 0 rings (SSSR count). The lowest BCUT2D eigenvalue weighted by Crippen LogP contribution is -2.50. The fourth-order valence-electron chi connectivity index (χ4n) is 0.891. The Kier molecular flexibility index (Phi) is 6.70. The third kappa shape index (κ3) is 6.15. The maximum atomic E-state index is 11.6. The zero-order valence-electron chi connectivity index (χ0n) is 12.9. The minimum atomic E-state index is -1.49. The van der Waals surface area contributed by atoms with Gasteiger partial charge in [-0.3, -0.25) is 4.84 Å². The van der Waals surface area contributed by atoms with Crippen LogP contribution in [-0.2, 0) is 19.1 Å². The van der Waals surface area contributed by atoms with Crippen LogP contribution in [0.5, 0.6) is 0 Å². The molecule has 10 nitrogen and oxygen atoms in total. The topological polar surface area (TPSA) is 124 Å². The molecular formula is C11H21N3O7. The quantitative estimate of drug-likeness (QED) is 0.247. The van der Waals surface area contributed by atoms with E-state index in [4.69, 9.17) is 9.84 Å². The highest BCUT2D eigenvalue weighted by atomic mass is 16.8. The molecule has 21 heavy (non-hydrogen) atoms. The second-order valence-electron chi connectivity index (χ2n) is 4.93. The fourth-order valence-corrected chi connectivity index (χ4v) is 0.891. The molecule has 0 bridgehead atoms. The molecule has 0 heterocycles. The van der Waals surface area contributed by atoms with Gasteiger partial charge in [0.15, 0.2) is 5.54 Å². The van der Waals surface area contributed by atoms with E-state index in [2.05, 4.69) is 14.9 Å². The van der Waals surface area contributed by atoms with Crippen LogP contribution in [0.15, 0.2) is 5.28 Å². The van der Waals surface area contributed by atoms with Gasteiger partial charge >= 0.3 is 12.1 Å². The number of hydrogen-bond donors (Lipinski definition) is 1. The van der Waals surface area contributed by atoms with Gasteiger partial charge in [0.1, 0.15) is 0 Å². The van der Waals surface area contributed by atoms with E-state index in [1.165, 1.54) is 27.8 Å². The molecule has 0 aromatic carbocycles. The van der Waals surface area contributed by atoms with Gasteiger partial charge in [0, 0.05) is 6.92 Å². The monoisotopic (exact) mass is 307 g/mol. The number of carbonyl (C=O) groups is 2. The van der Waals surface area contributed by atoms with Crippen LogP contribution in [0.25, 0.3) is 0 Å².